The highest BCUT2D eigenvalue weighted by Crippen LogP contribution is 2.39. The third kappa shape index (κ3) is 4.88. The van der Waals surface area contributed by atoms with Crippen LogP contribution in [0.2, 0.25) is 0 Å². The van der Waals surface area contributed by atoms with E-state index in [2.05, 4.69) is 63.4 Å². The fourth-order valence-electron chi connectivity index (χ4n) is 5.90. The number of methoxy groups -OCH3 is 1. The summed E-state index contributed by atoms with van der Waals surface area (Å²) >= 11 is 0. The van der Waals surface area contributed by atoms with Crippen molar-refractivity contribution in [1.29, 1.82) is 0 Å². The van der Waals surface area contributed by atoms with Crippen LogP contribution in [0.25, 0.3) is 0 Å². The first-order chi connectivity index (χ1) is 17.1. The summed E-state index contributed by atoms with van der Waals surface area (Å²) in [5.74, 6) is 4.28. The van der Waals surface area contributed by atoms with Gasteiger partial charge in [0.15, 0.2) is 0 Å². The maximum atomic E-state index is 6.35. The second-order valence-electron chi connectivity index (χ2n) is 10.1. The number of hydrogen-bond donors (Lipinski definition) is 2. The molecule has 0 spiro atoms. The minimum atomic E-state index is -0.0187. The highest BCUT2D eigenvalue weighted by molar-refractivity contribution is 5.66. The van der Waals surface area contributed by atoms with Gasteiger partial charge in [0.1, 0.15) is 18.5 Å². The average Bonchev–Trinajstić information content (AvgIpc) is 3.05. The largest absolute Gasteiger partial charge is 0.487 e. The summed E-state index contributed by atoms with van der Waals surface area (Å²) in [6.45, 7) is 9.82. The second-order valence-corrected chi connectivity index (χ2v) is 10.1. The molecule has 4 aliphatic heterocycles. The Bertz CT molecular complexity index is 1010. The van der Waals surface area contributed by atoms with Crippen molar-refractivity contribution >= 4 is 5.69 Å². The summed E-state index contributed by atoms with van der Waals surface area (Å²) in [7, 11) is 3.95. The summed E-state index contributed by atoms with van der Waals surface area (Å²) in [6, 6.07) is 5.05. The summed E-state index contributed by atoms with van der Waals surface area (Å²) in [6.07, 6.45) is 12.5. The third-order valence-corrected chi connectivity index (χ3v) is 7.99. The number of terminal acetylenes is 1. The van der Waals surface area contributed by atoms with E-state index in [0.717, 1.165) is 62.1 Å². The minimum Gasteiger partial charge on any atom is -0.487 e. The number of likely N-dealkylation sites (tertiary alicyclic amines) is 2. The molecule has 1 aromatic rings. The van der Waals surface area contributed by atoms with E-state index in [-0.39, 0.29) is 6.17 Å². The van der Waals surface area contributed by atoms with Crippen molar-refractivity contribution in [3.05, 3.63) is 46.8 Å². The molecule has 4 heterocycles. The fraction of sp³-hybridized carbons (Fsp3) is 0.571. The molecule has 0 aliphatic carbocycles. The van der Waals surface area contributed by atoms with Crippen LogP contribution in [-0.2, 0) is 4.74 Å². The minimum absolute atomic E-state index is 0.0187. The van der Waals surface area contributed by atoms with Gasteiger partial charge in [-0.05, 0) is 69.6 Å². The van der Waals surface area contributed by atoms with Gasteiger partial charge in [0.2, 0.25) is 0 Å². The lowest BCUT2D eigenvalue weighted by Crippen LogP contribution is -2.59. The number of benzene rings is 1. The number of likely N-dealkylation sites (N-methyl/N-ethyl adjacent to an activating group) is 2. The lowest BCUT2D eigenvalue weighted by molar-refractivity contribution is 0.0363. The van der Waals surface area contributed by atoms with Crippen molar-refractivity contribution in [1.82, 2.24) is 20.0 Å². The lowest BCUT2D eigenvalue weighted by atomic mass is 9.85. The molecule has 0 radical (unpaired) electrons. The van der Waals surface area contributed by atoms with Crippen LogP contribution in [0.5, 0.6) is 5.75 Å². The van der Waals surface area contributed by atoms with Gasteiger partial charge in [0.25, 0.3) is 0 Å². The number of nitrogens with zero attached hydrogens (tertiary/aromatic N) is 3. The van der Waals surface area contributed by atoms with Crippen LogP contribution in [0.3, 0.4) is 0 Å². The zero-order valence-corrected chi connectivity index (χ0v) is 21.3. The van der Waals surface area contributed by atoms with Gasteiger partial charge >= 0.3 is 0 Å². The van der Waals surface area contributed by atoms with Gasteiger partial charge in [-0.3, -0.25) is 4.90 Å². The number of ether oxygens (including phenoxy) is 2. The maximum Gasteiger partial charge on any atom is 0.144 e. The summed E-state index contributed by atoms with van der Waals surface area (Å²) in [5.41, 5.74) is 5.66. The summed E-state index contributed by atoms with van der Waals surface area (Å²) < 4.78 is 11.7. The van der Waals surface area contributed by atoms with Crippen LogP contribution in [0, 0.1) is 12.3 Å². The van der Waals surface area contributed by atoms with Gasteiger partial charge in [-0.25, -0.2) is 0 Å². The molecule has 0 bridgehead atoms. The van der Waals surface area contributed by atoms with E-state index in [1.807, 2.05) is 6.20 Å². The van der Waals surface area contributed by atoms with Crippen LogP contribution >= 0.6 is 0 Å². The first-order valence-corrected chi connectivity index (χ1v) is 13.0. The first kappa shape index (κ1) is 24.1. The van der Waals surface area contributed by atoms with Gasteiger partial charge in [-0.15, -0.1) is 6.42 Å². The van der Waals surface area contributed by atoms with Gasteiger partial charge in [-0.2, -0.15) is 0 Å². The predicted octanol–water partition coefficient (Wildman–Crippen LogP) is 2.63. The van der Waals surface area contributed by atoms with Crippen molar-refractivity contribution in [3.63, 3.8) is 0 Å². The normalized spacial score (nSPS) is 23.2. The molecule has 5 rings (SSSR count). The number of anilines is 1. The van der Waals surface area contributed by atoms with Gasteiger partial charge in [0, 0.05) is 62.4 Å². The number of nitrogens with one attached hydrogen (secondary N) is 2. The monoisotopic (exact) mass is 477 g/mol. The van der Waals surface area contributed by atoms with Crippen LogP contribution < -0.4 is 15.4 Å². The number of allylic oxidation sites excluding steroid dienone is 1. The van der Waals surface area contributed by atoms with E-state index in [9.17, 15) is 0 Å². The Kier molecular flexibility index (Phi) is 7.24. The van der Waals surface area contributed by atoms with Gasteiger partial charge < -0.3 is 29.9 Å². The highest BCUT2D eigenvalue weighted by Gasteiger charge is 2.33. The number of rotatable bonds is 7. The molecule has 2 N–H and O–H groups in total. The Labute approximate surface area is 210 Å². The van der Waals surface area contributed by atoms with Crippen LogP contribution in [0.4, 0.5) is 5.69 Å². The van der Waals surface area contributed by atoms with Crippen molar-refractivity contribution in [3.8, 4) is 18.1 Å². The zero-order chi connectivity index (χ0) is 24.4. The quantitative estimate of drug-likeness (QED) is 0.586. The number of dihydropyridines is 1. The van der Waals surface area contributed by atoms with Crippen molar-refractivity contribution in [2.45, 2.75) is 37.9 Å². The standard InChI is InChI=1S/C28H39N5O2/c1-5-20-15-27-25(16-23(20)21-8-11-33(12-9-21)22-17-31(3)18-22)30-28-24(19-35-27)26(7-10-29-28)32(6-2)13-14-34-4/h1,7,10,15-16,21-22,28-30H,6,8-9,11-14,17-19H2,2-4H3. The Morgan fingerprint density at radius 2 is 2.06 bits per heavy atom. The summed E-state index contributed by atoms with van der Waals surface area (Å²) in [4.78, 5) is 7.40. The Morgan fingerprint density at radius 3 is 2.74 bits per heavy atom. The molecule has 7 heteroatoms. The molecule has 35 heavy (non-hydrogen) atoms. The van der Waals surface area contributed by atoms with Gasteiger partial charge in [0.05, 0.1) is 12.3 Å². The Balaban J connectivity index is 1.36. The molecule has 1 unspecified atom stereocenters. The second kappa shape index (κ2) is 10.5. The molecular formula is C28H39N5O2. The van der Waals surface area contributed by atoms with Crippen LogP contribution in [0.1, 0.15) is 36.8 Å². The van der Waals surface area contributed by atoms with E-state index >= 15 is 0 Å². The lowest BCUT2D eigenvalue weighted by Gasteiger charge is -2.46. The topological polar surface area (TPSA) is 52.2 Å². The average molecular weight is 478 g/mol. The van der Waals surface area contributed by atoms with E-state index in [1.165, 1.54) is 29.9 Å². The molecule has 0 saturated carbocycles. The van der Waals surface area contributed by atoms with Crippen LogP contribution in [-0.4, -0.2) is 93.5 Å². The molecule has 2 fully saturated rings. The number of piperidine rings is 1. The molecular weight excluding hydrogens is 438 g/mol. The van der Waals surface area contributed by atoms with Crippen molar-refractivity contribution in [2.24, 2.45) is 0 Å². The molecule has 188 valence electrons. The SMILES string of the molecule is C#Cc1cc2c(cc1C1CCN(C3CN(C)C3)CC1)NC1NC=CC(N(CC)CCOC)=C1CO2. The smallest absolute Gasteiger partial charge is 0.144 e. The predicted molar refractivity (Wildman–Crippen MR) is 141 cm³/mol. The molecule has 2 saturated heterocycles. The zero-order valence-electron chi connectivity index (χ0n) is 21.3. The molecule has 7 nitrogen and oxygen atoms in total. The first-order valence-electron chi connectivity index (χ1n) is 13.0. The summed E-state index contributed by atoms with van der Waals surface area (Å²) in [5, 5.41) is 7.21. The van der Waals surface area contributed by atoms with Gasteiger partial charge in [-0.1, -0.05) is 5.92 Å². The Hall–Kier alpha value is -2.66. The highest BCUT2D eigenvalue weighted by atomic mass is 16.5. The van der Waals surface area contributed by atoms with E-state index in [1.54, 1.807) is 7.11 Å². The molecule has 4 aliphatic rings. The van der Waals surface area contributed by atoms with Crippen LogP contribution in [0.15, 0.2) is 35.7 Å². The molecule has 1 atom stereocenters. The molecule has 0 aromatic heterocycles. The van der Waals surface area contributed by atoms with E-state index in [0.29, 0.717) is 19.1 Å². The molecule has 1 aromatic carbocycles. The fourth-order valence-corrected chi connectivity index (χ4v) is 5.90. The van der Waals surface area contributed by atoms with Crippen molar-refractivity contribution in [2.75, 3.05) is 72.0 Å². The number of hydrogen-bond acceptors (Lipinski definition) is 7. The number of fused-ring (bicyclic) bond motifs is 2. The third-order valence-electron chi connectivity index (χ3n) is 7.99. The van der Waals surface area contributed by atoms with E-state index < -0.39 is 0 Å². The van der Waals surface area contributed by atoms with E-state index in [4.69, 9.17) is 15.9 Å². The maximum absolute atomic E-state index is 6.35. The Morgan fingerprint density at radius 1 is 1.26 bits per heavy atom. The van der Waals surface area contributed by atoms with Crippen molar-refractivity contribution < 1.29 is 9.47 Å². The molecule has 0 amide bonds.